The zero-order valence-corrected chi connectivity index (χ0v) is 19.3. The number of carbonyl (C=O) groups excluding carboxylic acids is 1. The van der Waals surface area contributed by atoms with Gasteiger partial charge in [-0.05, 0) is 42.3 Å². The standard InChI is InChI=1S/C23H28Cl2N2O4/c1-3-31-21-7-5-17(12-22(21)29-2)20(27-8-10-30-11-9-27)15-26-23(28)13-16-4-6-18(24)14-19(16)25/h4-7,12,14,20H,3,8-11,13,15H2,1-2H3,(H,26,28)/t20-/m0/s1. The minimum absolute atomic E-state index is 0.0156. The van der Waals surface area contributed by atoms with E-state index in [9.17, 15) is 4.79 Å². The van der Waals surface area contributed by atoms with Crippen LogP contribution in [0.15, 0.2) is 36.4 Å². The van der Waals surface area contributed by atoms with E-state index in [-0.39, 0.29) is 18.4 Å². The topological polar surface area (TPSA) is 60.0 Å². The molecule has 1 fully saturated rings. The first-order valence-corrected chi connectivity index (χ1v) is 11.1. The van der Waals surface area contributed by atoms with Gasteiger partial charge in [0.05, 0.1) is 39.4 Å². The molecule has 0 radical (unpaired) electrons. The molecule has 1 amide bonds. The molecule has 0 unspecified atom stereocenters. The molecule has 168 valence electrons. The maximum atomic E-state index is 12.6. The van der Waals surface area contributed by atoms with Crippen molar-refractivity contribution in [1.29, 1.82) is 0 Å². The molecule has 1 heterocycles. The highest BCUT2D eigenvalue weighted by Gasteiger charge is 2.24. The van der Waals surface area contributed by atoms with E-state index < -0.39 is 0 Å². The number of methoxy groups -OCH3 is 1. The van der Waals surface area contributed by atoms with E-state index in [4.69, 9.17) is 37.4 Å². The highest BCUT2D eigenvalue weighted by molar-refractivity contribution is 6.35. The number of nitrogens with one attached hydrogen (secondary N) is 1. The van der Waals surface area contributed by atoms with Crippen LogP contribution in [0.25, 0.3) is 0 Å². The van der Waals surface area contributed by atoms with Gasteiger partial charge in [-0.1, -0.05) is 35.3 Å². The predicted octanol–water partition coefficient (Wildman–Crippen LogP) is 4.13. The lowest BCUT2D eigenvalue weighted by molar-refractivity contribution is -0.120. The molecular weight excluding hydrogens is 439 g/mol. The molecule has 0 aromatic heterocycles. The number of nitrogens with zero attached hydrogens (tertiary/aromatic N) is 1. The van der Waals surface area contributed by atoms with Crippen molar-refractivity contribution in [2.75, 3.05) is 46.6 Å². The number of carbonyl (C=O) groups is 1. The Morgan fingerprint density at radius 1 is 1.16 bits per heavy atom. The molecule has 2 aromatic carbocycles. The van der Waals surface area contributed by atoms with E-state index in [0.29, 0.717) is 47.9 Å². The second-order valence-corrected chi connectivity index (χ2v) is 8.07. The Morgan fingerprint density at radius 3 is 2.61 bits per heavy atom. The summed E-state index contributed by atoms with van der Waals surface area (Å²) >= 11 is 12.2. The highest BCUT2D eigenvalue weighted by Crippen LogP contribution is 2.32. The van der Waals surface area contributed by atoms with Crippen LogP contribution in [-0.4, -0.2) is 57.4 Å². The van der Waals surface area contributed by atoms with Gasteiger partial charge in [0, 0.05) is 29.7 Å². The predicted molar refractivity (Wildman–Crippen MR) is 122 cm³/mol. The first kappa shape index (κ1) is 23.7. The molecule has 2 aromatic rings. The molecule has 1 aliphatic rings. The molecule has 1 atom stereocenters. The smallest absolute Gasteiger partial charge is 0.224 e. The first-order valence-electron chi connectivity index (χ1n) is 10.3. The van der Waals surface area contributed by atoms with Crippen molar-refractivity contribution in [1.82, 2.24) is 10.2 Å². The Balaban J connectivity index is 1.74. The van der Waals surface area contributed by atoms with Crippen molar-refractivity contribution < 1.29 is 19.0 Å². The van der Waals surface area contributed by atoms with Crippen molar-refractivity contribution in [3.05, 3.63) is 57.6 Å². The maximum Gasteiger partial charge on any atom is 0.224 e. The monoisotopic (exact) mass is 466 g/mol. The number of halogens is 2. The van der Waals surface area contributed by atoms with Gasteiger partial charge in [0.15, 0.2) is 11.5 Å². The maximum absolute atomic E-state index is 12.6. The molecule has 3 rings (SSSR count). The van der Waals surface area contributed by atoms with Gasteiger partial charge in [-0.2, -0.15) is 0 Å². The van der Waals surface area contributed by atoms with Gasteiger partial charge in [0.25, 0.3) is 0 Å². The van der Waals surface area contributed by atoms with Crippen LogP contribution < -0.4 is 14.8 Å². The third-order valence-corrected chi connectivity index (χ3v) is 5.80. The van der Waals surface area contributed by atoms with Crippen LogP contribution in [0.5, 0.6) is 11.5 Å². The average Bonchev–Trinajstić information content (AvgIpc) is 2.77. The Labute approximate surface area is 193 Å². The summed E-state index contributed by atoms with van der Waals surface area (Å²) in [6.45, 7) is 5.87. The van der Waals surface area contributed by atoms with E-state index >= 15 is 0 Å². The fourth-order valence-corrected chi connectivity index (χ4v) is 4.10. The lowest BCUT2D eigenvalue weighted by Gasteiger charge is -2.35. The van der Waals surface area contributed by atoms with Crippen LogP contribution in [0, 0.1) is 0 Å². The minimum Gasteiger partial charge on any atom is -0.493 e. The number of amides is 1. The zero-order valence-electron chi connectivity index (χ0n) is 17.8. The third kappa shape index (κ3) is 6.50. The van der Waals surface area contributed by atoms with E-state index in [1.54, 1.807) is 25.3 Å². The summed E-state index contributed by atoms with van der Waals surface area (Å²) in [5.41, 5.74) is 1.79. The Hall–Kier alpha value is -1.99. The summed E-state index contributed by atoms with van der Waals surface area (Å²) in [7, 11) is 1.63. The van der Waals surface area contributed by atoms with Crippen LogP contribution in [0.4, 0.5) is 0 Å². The van der Waals surface area contributed by atoms with Crippen molar-refractivity contribution >= 4 is 29.1 Å². The second-order valence-electron chi connectivity index (χ2n) is 7.22. The van der Waals surface area contributed by atoms with Gasteiger partial charge in [-0.3, -0.25) is 9.69 Å². The second kappa shape index (κ2) is 11.6. The highest BCUT2D eigenvalue weighted by atomic mass is 35.5. The van der Waals surface area contributed by atoms with Crippen LogP contribution >= 0.6 is 23.2 Å². The molecule has 1 saturated heterocycles. The Morgan fingerprint density at radius 2 is 1.94 bits per heavy atom. The minimum atomic E-state index is -0.0969. The van der Waals surface area contributed by atoms with Gasteiger partial charge in [-0.25, -0.2) is 0 Å². The van der Waals surface area contributed by atoms with E-state index in [1.807, 2.05) is 25.1 Å². The molecule has 1 N–H and O–H groups in total. The van der Waals surface area contributed by atoms with Crippen LogP contribution in [0.3, 0.4) is 0 Å². The average molecular weight is 467 g/mol. The van der Waals surface area contributed by atoms with Crippen molar-refractivity contribution in [2.24, 2.45) is 0 Å². The summed E-state index contributed by atoms with van der Waals surface area (Å²) in [6.07, 6.45) is 0.193. The van der Waals surface area contributed by atoms with Crippen molar-refractivity contribution in [3.8, 4) is 11.5 Å². The van der Waals surface area contributed by atoms with E-state index in [0.717, 1.165) is 24.2 Å². The van der Waals surface area contributed by atoms with Gasteiger partial charge in [-0.15, -0.1) is 0 Å². The number of hydrogen-bond acceptors (Lipinski definition) is 5. The number of rotatable bonds is 9. The first-order chi connectivity index (χ1) is 15.0. The van der Waals surface area contributed by atoms with Crippen LogP contribution in [0.2, 0.25) is 10.0 Å². The summed E-state index contributed by atoms with van der Waals surface area (Å²) < 4.78 is 16.7. The SMILES string of the molecule is CCOc1ccc([C@H](CNC(=O)Cc2ccc(Cl)cc2Cl)N2CCOCC2)cc1OC. The Kier molecular flexibility index (Phi) is 8.84. The molecule has 0 spiro atoms. The molecule has 0 bridgehead atoms. The van der Waals surface area contributed by atoms with Crippen LogP contribution in [-0.2, 0) is 16.0 Å². The Bertz CT molecular complexity index is 888. The van der Waals surface area contributed by atoms with Crippen molar-refractivity contribution in [2.45, 2.75) is 19.4 Å². The molecule has 0 saturated carbocycles. The fraction of sp³-hybridized carbons (Fsp3) is 0.435. The summed E-state index contributed by atoms with van der Waals surface area (Å²) in [5, 5.41) is 4.10. The van der Waals surface area contributed by atoms with Gasteiger partial charge in [0.2, 0.25) is 5.91 Å². The molecule has 1 aliphatic heterocycles. The lowest BCUT2D eigenvalue weighted by atomic mass is 10.0. The number of hydrogen-bond donors (Lipinski definition) is 1. The zero-order chi connectivity index (χ0) is 22.2. The number of benzene rings is 2. The van der Waals surface area contributed by atoms with Gasteiger partial charge < -0.3 is 19.5 Å². The number of ether oxygens (including phenoxy) is 3. The van der Waals surface area contributed by atoms with Gasteiger partial charge in [0.1, 0.15) is 0 Å². The van der Waals surface area contributed by atoms with Gasteiger partial charge >= 0.3 is 0 Å². The normalized spacial score (nSPS) is 15.4. The lowest BCUT2D eigenvalue weighted by Crippen LogP contribution is -2.44. The number of morpholine rings is 1. The molecule has 6 nitrogen and oxygen atoms in total. The summed E-state index contributed by atoms with van der Waals surface area (Å²) in [4.78, 5) is 15.0. The third-order valence-electron chi connectivity index (χ3n) is 5.22. The van der Waals surface area contributed by atoms with Crippen molar-refractivity contribution in [3.63, 3.8) is 0 Å². The molecular formula is C23H28Cl2N2O4. The molecule has 8 heteroatoms. The van der Waals surface area contributed by atoms with Crippen LogP contribution in [0.1, 0.15) is 24.1 Å². The summed E-state index contributed by atoms with van der Waals surface area (Å²) in [6, 6.07) is 11.1. The fourth-order valence-electron chi connectivity index (χ4n) is 3.62. The molecule has 31 heavy (non-hydrogen) atoms. The summed E-state index contributed by atoms with van der Waals surface area (Å²) in [5.74, 6) is 1.29. The quantitative estimate of drug-likeness (QED) is 0.601. The van der Waals surface area contributed by atoms with E-state index in [1.165, 1.54) is 0 Å². The largest absolute Gasteiger partial charge is 0.493 e. The van der Waals surface area contributed by atoms with E-state index in [2.05, 4.69) is 10.2 Å². The molecule has 0 aliphatic carbocycles.